The van der Waals surface area contributed by atoms with Crippen LogP contribution in [0.4, 0.5) is 4.39 Å². The molecule has 2 heterocycles. The zero-order chi connectivity index (χ0) is 19.1. The van der Waals surface area contributed by atoms with Crippen LogP contribution in [0.2, 0.25) is 0 Å². The monoisotopic (exact) mass is 365 g/mol. The molecule has 0 saturated heterocycles. The number of hydrogen-bond acceptors (Lipinski definition) is 2. The summed E-state index contributed by atoms with van der Waals surface area (Å²) >= 11 is 0. The number of nitrogens with one attached hydrogen (secondary N) is 1. The molecule has 4 aromatic rings. The molecule has 0 fully saturated rings. The maximum Gasteiger partial charge on any atom is 0.303 e. The standard InChI is InChI=1S/C21H20FN3O2/c1-12(2)21-15(7-8-20(26)27)16-9-17-18(24-11-23-17)10-19(16)25(21)14-5-3-13(22)4-6-14/h3-6,9-12H,7-8H2,1-2H3,(H,23,24)(H,26,27). The molecule has 5 nitrogen and oxygen atoms in total. The van der Waals surface area contributed by atoms with Gasteiger partial charge in [0, 0.05) is 23.2 Å². The minimum atomic E-state index is -0.824. The molecule has 4 rings (SSSR count). The molecule has 0 bridgehead atoms. The molecular formula is C21H20FN3O2. The summed E-state index contributed by atoms with van der Waals surface area (Å²) in [5.41, 5.74) is 5.61. The Hall–Kier alpha value is -3.15. The Bertz CT molecular complexity index is 1140. The van der Waals surface area contributed by atoms with Crippen molar-refractivity contribution in [3.05, 3.63) is 59.8 Å². The highest BCUT2D eigenvalue weighted by molar-refractivity contribution is 5.97. The molecule has 0 aliphatic carbocycles. The van der Waals surface area contributed by atoms with Gasteiger partial charge in [-0.2, -0.15) is 0 Å². The zero-order valence-corrected chi connectivity index (χ0v) is 15.2. The number of benzene rings is 2. The largest absolute Gasteiger partial charge is 0.481 e. The molecule has 0 amide bonds. The SMILES string of the molecule is CC(C)c1c(CCC(=O)O)c2cc3[nH]cnc3cc2n1-c1ccc(F)cc1. The van der Waals surface area contributed by atoms with Crippen molar-refractivity contribution < 1.29 is 14.3 Å². The third kappa shape index (κ3) is 2.97. The number of aryl methyl sites for hydroxylation is 1. The smallest absolute Gasteiger partial charge is 0.303 e. The van der Waals surface area contributed by atoms with E-state index in [9.17, 15) is 14.3 Å². The molecule has 0 unspecified atom stereocenters. The van der Waals surface area contributed by atoms with Crippen molar-refractivity contribution in [2.24, 2.45) is 0 Å². The molecule has 0 aliphatic rings. The van der Waals surface area contributed by atoms with Crippen LogP contribution in [0.3, 0.4) is 0 Å². The molecule has 0 radical (unpaired) electrons. The Kier molecular flexibility index (Phi) is 4.18. The van der Waals surface area contributed by atoms with Crippen LogP contribution in [0, 0.1) is 5.82 Å². The van der Waals surface area contributed by atoms with Gasteiger partial charge in [-0.1, -0.05) is 13.8 Å². The summed E-state index contributed by atoms with van der Waals surface area (Å²) in [6.07, 6.45) is 2.14. The number of H-pyrrole nitrogens is 1. The van der Waals surface area contributed by atoms with Gasteiger partial charge < -0.3 is 14.7 Å². The normalized spacial score (nSPS) is 11.7. The minimum Gasteiger partial charge on any atom is -0.481 e. The molecule has 6 heteroatoms. The van der Waals surface area contributed by atoms with Crippen molar-refractivity contribution in [3.63, 3.8) is 0 Å². The van der Waals surface area contributed by atoms with Crippen LogP contribution in [0.15, 0.2) is 42.7 Å². The number of nitrogens with zero attached hydrogens (tertiary/aromatic N) is 2. The number of halogens is 1. The summed E-state index contributed by atoms with van der Waals surface area (Å²) in [5, 5.41) is 10.2. The van der Waals surface area contributed by atoms with Gasteiger partial charge in [-0.05, 0) is 54.3 Å². The summed E-state index contributed by atoms with van der Waals surface area (Å²) in [6.45, 7) is 4.17. The number of carboxylic acids is 1. The van der Waals surface area contributed by atoms with E-state index in [1.807, 2.05) is 12.1 Å². The number of carbonyl (C=O) groups is 1. The Balaban J connectivity index is 2.07. The maximum atomic E-state index is 13.5. The van der Waals surface area contributed by atoms with Crippen molar-refractivity contribution >= 4 is 27.9 Å². The van der Waals surface area contributed by atoms with Crippen molar-refractivity contribution in [2.45, 2.75) is 32.6 Å². The van der Waals surface area contributed by atoms with E-state index < -0.39 is 5.97 Å². The third-order valence-corrected chi connectivity index (χ3v) is 4.87. The Labute approximate surface area is 155 Å². The number of fused-ring (bicyclic) bond motifs is 2. The van der Waals surface area contributed by atoms with Crippen molar-refractivity contribution in [2.75, 3.05) is 0 Å². The summed E-state index contributed by atoms with van der Waals surface area (Å²) in [5.74, 6) is -0.949. The van der Waals surface area contributed by atoms with Crippen molar-refractivity contribution in [1.29, 1.82) is 0 Å². The van der Waals surface area contributed by atoms with E-state index in [-0.39, 0.29) is 18.2 Å². The number of rotatable bonds is 5. The molecule has 0 spiro atoms. The van der Waals surface area contributed by atoms with Gasteiger partial charge in [-0.15, -0.1) is 0 Å². The quantitative estimate of drug-likeness (QED) is 0.534. The van der Waals surface area contributed by atoms with Gasteiger partial charge in [0.1, 0.15) is 5.82 Å². The van der Waals surface area contributed by atoms with Crippen LogP contribution in [-0.2, 0) is 11.2 Å². The van der Waals surface area contributed by atoms with Gasteiger partial charge in [-0.3, -0.25) is 4.79 Å². The second-order valence-electron chi connectivity index (χ2n) is 7.01. The van der Waals surface area contributed by atoms with Crippen LogP contribution in [0.25, 0.3) is 27.6 Å². The highest BCUT2D eigenvalue weighted by Gasteiger charge is 2.22. The van der Waals surface area contributed by atoms with E-state index >= 15 is 0 Å². The lowest BCUT2D eigenvalue weighted by molar-refractivity contribution is -0.136. The highest BCUT2D eigenvalue weighted by atomic mass is 19.1. The van der Waals surface area contributed by atoms with Crippen LogP contribution >= 0.6 is 0 Å². The van der Waals surface area contributed by atoms with E-state index in [2.05, 4.69) is 28.4 Å². The number of aromatic amines is 1. The first-order valence-corrected chi connectivity index (χ1v) is 8.93. The molecule has 2 aromatic carbocycles. The fourth-order valence-electron chi connectivity index (χ4n) is 3.77. The number of aliphatic carboxylic acids is 1. The predicted octanol–water partition coefficient (Wildman–Crippen LogP) is 4.79. The topological polar surface area (TPSA) is 70.9 Å². The maximum absolute atomic E-state index is 13.5. The summed E-state index contributed by atoms with van der Waals surface area (Å²) in [6, 6.07) is 10.4. The third-order valence-electron chi connectivity index (χ3n) is 4.87. The fraction of sp³-hybridized carbons (Fsp3) is 0.238. The van der Waals surface area contributed by atoms with Gasteiger partial charge in [0.25, 0.3) is 0 Å². The molecule has 0 saturated carbocycles. The Morgan fingerprint density at radius 2 is 2.00 bits per heavy atom. The van der Waals surface area contributed by atoms with Crippen LogP contribution < -0.4 is 0 Å². The first-order chi connectivity index (χ1) is 13.0. The average molecular weight is 365 g/mol. The van der Waals surface area contributed by atoms with Gasteiger partial charge in [0.15, 0.2) is 0 Å². The number of carboxylic acid groups (broad SMARTS) is 1. The fourth-order valence-corrected chi connectivity index (χ4v) is 3.77. The van der Waals surface area contributed by atoms with Crippen LogP contribution in [0.5, 0.6) is 0 Å². The lowest BCUT2D eigenvalue weighted by Crippen LogP contribution is -2.06. The second-order valence-corrected chi connectivity index (χ2v) is 7.01. The van der Waals surface area contributed by atoms with Gasteiger partial charge >= 0.3 is 5.97 Å². The van der Waals surface area contributed by atoms with Crippen molar-refractivity contribution in [3.8, 4) is 5.69 Å². The molecule has 2 N–H and O–H groups in total. The summed E-state index contributed by atoms with van der Waals surface area (Å²) in [7, 11) is 0. The van der Waals surface area contributed by atoms with E-state index in [1.54, 1.807) is 18.5 Å². The van der Waals surface area contributed by atoms with E-state index in [4.69, 9.17) is 0 Å². The van der Waals surface area contributed by atoms with Gasteiger partial charge in [-0.25, -0.2) is 9.37 Å². The Morgan fingerprint density at radius 1 is 1.26 bits per heavy atom. The average Bonchev–Trinajstić information content (AvgIpc) is 3.20. The molecule has 27 heavy (non-hydrogen) atoms. The zero-order valence-electron chi connectivity index (χ0n) is 15.2. The first kappa shape index (κ1) is 17.3. The Morgan fingerprint density at radius 3 is 2.67 bits per heavy atom. The highest BCUT2D eigenvalue weighted by Crippen LogP contribution is 2.36. The van der Waals surface area contributed by atoms with Gasteiger partial charge in [0.2, 0.25) is 0 Å². The van der Waals surface area contributed by atoms with Crippen LogP contribution in [0.1, 0.15) is 37.4 Å². The number of imidazole rings is 1. The lowest BCUT2D eigenvalue weighted by atomic mass is 9.99. The molecule has 0 aliphatic heterocycles. The van der Waals surface area contributed by atoms with E-state index in [1.165, 1.54) is 12.1 Å². The predicted molar refractivity (Wildman–Crippen MR) is 103 cm³/mol. The molecule has 138 valence electrons. The molecule has 0 atom stereocenters. The lowest BCUT2D eigenvalue weighted by Gasteiger charge is -2.15. The minimum absolute atomic E-state index is 0.0588. The number of aromatic nitrogens is 3. The summed E-state index contributed by atoms with van der Waals surface area (Å²) in [4.78, 5) is 18.7. The summed E-state index contributed by atoms with van der Waals surface area (Å²) < 4.78 is 15.6. The molecular weight excluding hydrogens is 345 g/mol. The van der Waals surface area contributed by atoms with Crippen molar-refractivity contribution in [1.82, 2.24) is 14.5 Å². The second kappa shape index (κ2) is 6.54. The van der Waals surface area contributed by atoms with Crippen LogP contribution in [-0.4, -0.2) is 25.6 Å². The molecule has 2 aromatic heterocycles. The number of hydrogen-bond donors (Lipinski definition) is 2. The van der Waals surface area contributed by atoms with Gasteiger partial charge in [0.05, 0.1) is 22.9 Å². The van der Waals surface area contributed by atoms with E-state index in [0.29, 0.717) is 6.42 Å². The first-order valence-electron chi connectivity index (χ1n) is 8.93. The van der Waals surface area contributed by atoms with E-state index in [0.717, 1.165) is 38.9 Å².